The number of hydrogen-bond donors (Lipinski definition) is 2. The fourth-order valence-electron chi connectivity index (χ4n) is 1.61. The normalized spacial score (nSPS) is 11.7. The van der Waals surface area contributed by atoms with Gasteiger partial charge < -0.3 is 10.8 Å². The van der Waals surface area contributed by atoms with E-state index in [0.717, 1.165) is 12.8 Å². The molecular weight excluding hydrogens is 323 g/mol. The average molecular weight is 340 g/mol. The van der Waals surface area contributed by atoms with Crippen LogP contribution in [-0.2, 0) is 0 Å². The van der Waals surface area contributed by atoms with Crippen LogP contribution in [0.3, 0.4) is 0 Å². The smallest absolute Gasteiger partial charge is 0.312 e. The van der Waals surface area contributed by atoms with Gasteiger partial charge in [0, 0.05) is 22.1 Å². The van der Waals surface area contributed by atoms with Crippen molar-refractivity contribution in [3.63, 3.8) is 0 Å². The van der Waals surface area contributed by atoms with Crippen molar-refractivity contribution in [2.75, 3.05) is 0 Å². The summed E-state index contributed by atoms with van der Waals surface area (Å²) in [5.74, 6) is -0.332. The van der Waals surface area contributed by atoms with E-state index in [9.17, 15) is 15.2 Å². The van der Waals surface area contributed by atoms with Crippen LogP contribution in [0.25, 0.3) is 0 Å². The molecule has 0 saturated heterocycles. The Morgan fingerprint density at radius 1 is 1.56 bits per heavy atom. The molecule has 0 spiro atoms. The van der Waals surface area contributed by atoms with Crippen LogP contribution in [0.1, 0.15) is 37.8 Å². The second-order valence-corrected chi connectivity index (χ2v) is 4.78. The lowest BCUT2D eigenvalue weighted by molar-refractivity contribution is -0.386. The Kier molecular flexibility index (Phi) is 7.20. The average Bonchev–Trinajstić information content (AvgIpc) is 2.28. The van der Waals surface area contributed by atoms with Crippen LogP contribution in [0.2, 0.25) is 0 Å². The van der Waals surface area contributed by atoms with E-state index in [4.69, 9.17) is 5.73 Å². The van der Waals surface area contributed by atoms with Crippen LogP contribution in [-0.4, -0.2) is 10.0 Å². The molecule has 1 atom stereocenters. The van der Waals surface area contributed by atoms with E-state index in [2.05, 4.69) is 15.9 Å². The summed E-state index contributed by atoms with van der Waals surface area (Å²) in [6, 6.07) is 2.51. The minimum absolute atomic E-state index is 0. The fourth-order valence-corrected chi connectivity index (χ4v) is 2.07. The highest BCUT2D eigenvalue weighted by atomic mass is 79.9. The van der Waals surface area contributed by atoms with Gasteiger partial charge in [0.25, 0.3) is 0 Å². The molecule has 0 saturated carbocycles. The summed E-state index contributed by atoms with van der Waals surface area (Å²) in [5, 5.41) is 20.6. The third-order valence-electron chi connectivity index (χ3n) is 2.55. The van der Waals surface area contributed by atoms with Crippen molar-refractivity contribution >= 4 is 34.0 Å². The Morgan fingerprint density at radius 3 is 2.67 bits per heavy atom. The molecule has 5 nitrogen and oxygen atoms in total. The monoisotopic (exact) mass is 338 g/mol. The molecule has 102 valence electrons. The molecule has 0 bridgehead atoms. The molecule has 1 rings (SSSR count). The molecule has 0 aliphatic carbocycles. The number of nitro groups is 1. The molecule has 1 aromatic carbocycles. The van der Waals surface area contributed by atoms with E-state index in [1.165, 1.54) is 6.07 Å². The minimum Gasteiger partial charge on any atom is -0.502 e. The zero-order valence-corrected chi connectivity index (χ0v) is 12.3. The van der Waals surface area contributed by atoms with Crippen molar-refractivity contribution in [2.24, 2.45) is 5.73 Å². The predicted octanol–water partition coefficient (Wildman–Crippen LogP) is 3.67. The largest absolute Gasteiger partial charge is 0.502 e. The molecule has 0 aromatic heterocycles. The molecule has 0 unspecified atom stereocenters. The number of benzene rings is 1. The number of nitro benzene ring substituents is 1. The van der Waals surface area contributed by atoms with Gasteiger partial charge in [-0.2, -0.15) is 0 Å². The summed E-state index contributed by atoms with van der Waals surface area (Å²) < 4.78 is 0.545. The third kappa shape index (κ3) is 4.12. The first kappa shape index (κ1) is 17.2. The maximum Gasteiger partial charge on any atom is 0.312 e. The number of aromatic hydroxyl groups is 1. The second-order valence-electron chi connectivity index (χ2n) is 3.87. The number of halogens is 2. The Labute approximate surface area is 120 Å². The Hall–Kier alpha value is -0.850. The quantitative estimate of drug-likeness (QED) is 0.632. The van der Waals surface area contributed by atoms with Gasteiger partial charge in [0.1, 0.15) is 0 Å². The Morgan fingerprint density at radius 2 is 2.17 bits per heavy atom. The molecular formula is C11H16BrClN2O3. The zero-order valence-electron chi connectivity index (χ0n) is 9.93. The molecule has 3 N–H and O–H groups in total. The molecule has 0 radical (unpaired) electrons. The minimum atomic E-state index is -0.615. The van der Waals surface area contributed by atoms with E-state index in [1.54, 1.807) is 6.07 Å². The number of phenols is 1. The van der Waals surface area contributed by atoms with Crippen LogP contribution in [0.15, 0.2) is 16.6 Å². The fraction of sp³-hybridized carbons (Fsp3) is 0.455. The van der Waals surface area contributed by atoms with Gasteiger partial charge in [-0.15, -0.1) is 12.4 Å². The van der Waals surface area contributed by atoms with Crippen LogP contribution in [0.5, 0.6) is 5.75 Å². The predicted molar refractivity (Wildman–Crippen MR) is 76.2 cm³/mol. The lowest BCUT2D eigenvalue weighted by Crippen LogP contribution is -2.11. The number of nitrogens with two attached hydrogens (primary N) is 1. The van der Waals surface area contributed by atoms with Gasteiger partial charge in [-0.25, -0.2) is 0 Å². The first-order chi connectivity index (χ1) is 7.97. The molecule has 0 fully saturated rings. The SMILES string of the molecule is CCCC[C@H](N)c1cc(Br)cc([N+](=O)[O-])c1O.Cl. The van der Waals surface area contributed by atoms with E-state index in [0.29, 0.717) is 16.5 Å². The van der Waals surface area contributed by atoms with Crippen molar-refractivity contribution in [3.05, 3.63) is 32.3 Å². The van der Waals surface area contributed by atoms with Gasteiger partial charge >= 0.3 is 5.69 Å². The van der Waals surface area contributed by atoms with Crippen LogP contribution in [0.4, 0.5) is 5.69 Å². The van der Waals surface area contributed by atoms with Crippen molar-refractivity contribution in [1.29, 1.82) is 0 Å². The first-order valence-corrected chi connectivity index (χ1v) is 6.19. The molecule has 7 heteroatoms. The molecule has 1 aromatic rings. The highest BCUT2D eigenvalue weighted by molar-refractivity contribution is 9.10. The zero-order chi connectivity index (χ0) is 13.0. The summed E-state index contributed by atoms with van der Waals surface area (Å²) in [7, 11) is 0. The van der Waals surface area contributed by atoms with Crippen LogP contribution >= 0.6 is 28.3 Å². The Bertz CT molecular complexity index is 429. The summed E-state index contributed by atoms with van der Waals surface area (Å²) in [6.45, 7) is 2.04. The van der Waals surface area contributed by atoms with Crippen LogP contribution < -0.4 is 5.73 Å². The molecule has 18 heavy (non-hydrogen) atoms. The number of hydrogen-bond acceptors (Lipinski definition) is 4. The van der Waals surface area contributed by atoms with Gasteiger partial charge in [-0.3, -0.25) is 10.1 Å². The van der Waals surface area contributed by atoms with Crippen molar-refractivity contribution in [2.45, 2.75) is 32.2 Å². The first-order valence-electron chi connectivity index (χ1n) is 5.39. The molecule has 0 aliphatic heterocycles. The van der Waals surface area contributed by atoms with Crippen LogP contribution in [0, 0.1) is 10.1 Å². The van der Waals surface area contributed by atoms with Gasteiger partial charge in [-0.05, 0) is 12.5 Å². The standard InChI is InChI=1S/C11H15BrN2O3.ClH/c1-2-3-4-9(13)8-5-7(12)6-10(11(8)15)14(16)17;/h5-6,9,15H,2-4,13H2,1H3;1H/t9-;/m0./s1. The van der Waals surface area contributed by atoms with Gasteiger partial charge in [-0.1, -0.05) is 35.7 Å². The summed E-state index contributed by atoms with van der Waals surface area (Å²) in [4.78, 5) is 10.1. The third-order valence-corrected chi connectivity index (χ3v) is 3.01. The number of phenolic OH excluding ortho intramolecular Hbond substituents is 1. The lowest BCUT2D eigenvalue weighted by atomic mass is 10.0. The van der Waals surface area contributed by atoms with Gasteiger partial charge in [0.15, 0.2) is 5.75 Å². The molecule has 0 heterocycles. The molecule has 0 amide bonds. The van der Waals surface area contributed by atoms with Gasteiger partial charge in [0.2, 0.25) is 0 Å². The van der Waals surface area contributed by atoms with Crippen molar-refractivity contribution in [3.8, 4) is 5.75 Å². The van der Waals surface area contributed by atoms with E-state index in [1.807, 2.05) is 6.92 Å². The maximum absolute atomic E-state index is 10.7. The summed E-state index contributed by atoms with van der Waals surface area (Å²) in [5.41, 5.74) is 6.01. The highest BCUT2D eigenvalue weighted by Gasteiger charge is 2.21. The number of rotatable bonds is 5. The van der Waals surface area contributed by atoms with E-state index >= 15 is 0 Å². The summed E-state index contributed by atoms with van der Waals surface area (Å²) in [6.07, 6.45) is 2.60. The van der Waals surface area contributed by atoms with Gasteiger partial charge in [0.05, 0.1) is 4.92 Å². The van der Waals surface area contributed by atoms with E-state index in [-0.39, 0.29) is 29.9 Å². The number of unbranched alkanes of at least 4 members (excludes halogenated alkanes) is 1. The van der Waals surface area contributed by atoms with Crippen molar-refractivity contribution in [1.82, 2.24) is 0 Å². The Balaban J connectivity index is 0.00000289. The maximum atomic E-state index is 10.7. The van der Waals surface area contributed by atoms with E-state index < -0.39 is 4.92 Å². The molecule has 0 aliphatic rings. The summed E-state index contributed by atoms with van der Waals surface area (Å²) >= 11 is 3.18. The second kappa shape index (κ2) is 7.56. The number of nitrogens with zero attached hydrogens (tertiary/aromatic N) is 1. The topological polar surface area (TPSA) is 89.4 Å². The highest BCUT2D eigenvalue weighted by Crippen LogP contribution is 2.37. The lowest BCUT2D eigenvalue weighted by Gasteiger charge is -2.13. The van der Waals surface area contributed by atoms with Crippen molar-refractivity contribution < 1.29 is 10.0 Å².